The van der Waals surface area contributed by atoms with Crippen LogP contribution in [-0.2, 0) is 21.4 Å². The topological polar surface area (TPSA) is 91.7 Å². The molecular formula is C23H26N4O4S. The van der Waals surface area contributed by atoms with Gasteiger partial charge in [0.15, 0.2) is 0 Å². The van der Waals surface area contributed by atoms with Crippen LogP contribution >= 0.6 is 0 Å². The smallest absolute Gasteiger partial charge is 0.255 e. The fourth-order valence-electron chi connectivity index (χ4n) is 3.95. The molecule has 9 heteroatoms. The SMILES string of the molecule is CCn1ccc2cc(NC(=O)c3cccc(S(=O)(=O)N4CCN(C(C)=O)CC4)c3)ccc21. The van der Waals surface area contributed by atoms with Gasteiger partial charge in [0.1, 0.15) is 0 Å². The Morgan fingerprint density at radius 1 is 1.00 bits per heavy atom. The van der Waals surface area contributed by atoms with E-state index in [0.29, 0.717) is 18.8 Å². The van der Waals surface area contributed by atoms with Gasteiger partial charge in [0.2, 0.25) is 15.9 Å². The first kappa shape index (κ1) is 22.0. The van der Waals surface area contributed by atoms with Gasteiger partial charge in [0, 0.05) is 68.0 Å². The van der Waals surface area contributed by atoms with E-state index in [-0.39, 0.29) is 35.4 Å². The fourth-order valence-corrected chi connectivity index (χ4v) is 5.42. The summed E-state index contributed by atoms with van der Waals surface area (Å²) in [6.45, 7) is 5.59. The lowest BCUT2D eigenvalue weighted by Crippen LogP contribution is -2.49. The fraction of sp³-hybridized carbons (Fsp3) is 0.304. The second kappa shape index (κ2) is 8.76. The summed E-state index contributed by atoms with van der Waals surface area (Å²) in [6.07, 6.45) is 2.00. The van der Waals surface area contributed by atoms with Gasteiger partial charge in [0.25, 0.3) is 5.91 Å². The second-order valence-electron chi connectivity index (χ2n) is 7.77. The lowest BCUT2D eigenvalue weighted by Gasteiger charge is -2.33. The van der Waals surface area contributed by atoms with Crippen LogP contribution in [-0.4, -0.2) is 60.2 Å². The molecule has 32 heavy (non-hydrogen) atoms. The molecule has 0 spiro atoms. The maximum absolute atomic E-state index is 13.1. The lowest BCUT2D eigenvalue weighted by atomic mass is 10.2. The van der Waals surface area contributed by atoms with Gasteiger partial charge in [-0.15, -0.1) is 0 Å². The number of carbonyl (C=O) groups excluding carboxylic acids is 2. The van der Waals surface area contributed by atoms with Crippen LogP contribution in [0.1, 0.15) is 24.2 Å². The van der Waals surface area contributed by atoms with Crippen LogP contribution in [0.15, 0.2) is 59.6 Å². The number of aromatic nitrogens is 1. The Morgan fingerprint density at radius 3 is 2.44 bits per heavy atom. The number of aryl methyl sites for hydroxylation is 1. The molecule has 0 radical (unpaired) electrons. The summed E-state index contributed by atoms with van der Waals surface area (Å²) in [5.74, 6) is -0.442. The highest BCUT2D eigenvalue weighted by Crippen LogP contribution is 2.23. The van der Waals surface area contributed by atoms with Crippen LogP contribution < -0.4 is 5.32 Å². The Balaban J connectivity index is 1.51. The van der Waals surface area contributed by atoms with Crippen molar-refractivity contribution in [1.82, 2.24) is 13.8 Å². The van der Waals surface area contributed by atoms with Gasteiger partial charge in [-0.25, -0.2) is 8.42 Å². The highest BCUT2D eigenvalue weighted by molar-refractivity contribution is 7.89. The van der Waals surface area contributed by atoms with Gasteiger partial charge in [-0.2, -0.15) is 4.31 Å². The largest absolute Gasteiger partial charge is 0.348 e. The number of hydrogen-bond acceptors (Lipinski definition) is 4. The molecule has 1 fully saturated rings. The monoisotopic (exact) mass is 454 g/mol. The predicted molar refractivity (Wildman–Crippen MR) is 123 cm³/mol. The van der Waals surface area contributed by atoms with Crippen molar-refractivity contribution < 1.29 is 18.0 Å². The third kappa shape index (κ3) is 4.26. The quantitative estimate of drug-likeness (QED) is 0.642. The Bertz CT molecular complexity index is 1270. The molecule has 8 nitrogen and oxygen atoms in total. The summed E-state index contributed by atoms with van der Waals surface area (Å²) in [5.41, 5.74) is 1.99. The van der Waals surface area contributed by atoms with E-state index in [9.17, 15) is 18.0 Å². The molecule has 168 valence electrons. The standard InChI is InChI=1S/C23H26N4O4S/c1-3-25-10-9-18-15-20(7-8-22(18)25)24-23(29)19-5-4-6-21(16-19)32(30,31)27-13-11-26(12-14-27)17(2)28/h4-10,15-16H,3,11-14H2,1-2H3,(H,24,29). The van der Waals surface area contributed by atoms with Gasteiger partial charge < -0.3 is 14.8 Å². The number of amides is 2. The van der Waals surface area contributed by atoms with Crippen molar-refractivity contribution in [1.29, 1.82) is 0 Å². The molecule has 0 aliphatic carbocycles. The molecule has 4 rings (SSSR count). The third-order valence-corrected chi connectivity index (χ3v) is 7.68. The highest BCUT2D eigenvalue weighted by Gasteiger charge is 2.29. The molecule has 2 aromatic carbocycles. The maximum atomic E-state index is 13.1. The number of nitrogens with one attached hydrogen (secondary N) is 1. The average Bonchev–Trinajstić information content (AvgIpc) is 3.21. The van der Waals surface area contributed by atoms with E-state index in [0.717, 1.165) is 17.4 Å². The first-order valence-electron chi connectivity index (χ1n) is 10.6. The number of fused-ring (bicyclic) bond motifs is 1. The van der Waals surface area contributed by atoms with E-state index >= 15 is 0 Å². The number of sulfonamides is 1. The summed E-state index contributed by atoms with van der Waals surface area (Å²) in [7, 11) is -3.76. The zero-order valence-corrected chi connectivity index (χ0v) is 18.9. The maximum Gasteiger partial charge on any atom is 0.255 e. The number of carbonyl (C=O) groups is 2. The Labute approximate surface area is 187 Å². The number of benzene rings is 2. The van der Waals surface area contributed by atoms with Crippen molar-refractivity contribution in [3.05, 3.63) is 60.3 Å². The number of hydrogen-bond donors (Lipinski definition) is 1. The van der Waals surface area contributed by atoms with Gasteiger partial charge in [-0.05, 0) is 49.4 Å². The number of piperazine rings is 1. The molecule has 0 unspecified atom stereocenters. The molecule has 1 aromatic heterocycles. The summed E-state index contributed by atoms with van der Waals surface area (Å²) in [5, 5.41) is 3.87. The van der Waals surface area contributed by atoms with Crippen LogP contribution in [0.5, 0.6) is 0 Å². The van der Waals surface area contributed by atoms with Crippen molar-refractivity contribution in [3.63, 3.8) is 0 Å². The Morgan fingerprint density at radius 2 is 1.75 bits per heavy atom. The molecular weight excluding hydrogens is 428 g/mol. The van der Waals surface area contributed by atoms with Crippen molar-refractivity contribution >= 4 is 38.4 Å². The lowest BCUT2D eigenvalue weighted by molar-refractivity contribution is -0.129. The minimum absolute atomic E-state index is 0.0647. The van der Waals surface area contributed by atoms with E-state index in [4.69, 9.17) is 0 Å². The first-order valence-corrected chi connectivity index (χ1v) is 12.0. The third-order valence-electron chi connectivity index (χ3n) is 5.79. The first-order chi connectivity index (χ1) is 15.3. The minimum atomic E-state index is -3.76. The highest BCUT2D eigenvalue weighted by atomic mass is 32.2. The van der Waals surface area contributed by atoms with Crippen molar-refractivity contribution in [2.24, 2.45) is 0 Å². The molecule has 2 heterocycles. The molecule has 1 aliphatic heterocycles. The van der Waals surface area contributed by atoms with Crippen molar-refractivity contribution in [3.8, 4) is 0 Å². The zero-order valence-electron chi connectivity index (χ0n) is 18.1. The van der Waals surface area contributed by atoms with E-state index < -0.39 is 10.0 Å². The van der Waals surface area contributed by atoms with E-state index in [1.165, 1.54) is 23.4 Å². The molecule has 1 saturated heterocycles. The summed E-state index contributed by atoms with van der Waals surface area (Å²) >= 11 is 0. The molecule has 0 atom stereocenters. The molecule has 3 aromatic rings. The number of anilines is 1. The van der Waals surface area contributed by atoms with Crippen LogP contribution in [0, 0.1) is 0 Å². The normalized spacial score (nSPS) is 15.1. The number of nitrogens with zero attached hydrogens (tertiary/aromatic N) is 3. The molecule has 0 saturated carbocycles. The molecule has 1 aliphatic rings. The summed E-state index contributed by atoms with van der Waals surface area (Å²) < 4.78 is 29.6. The van der Waals surface area contributed by atoms with Crippen molar-refractivity contribution in [2.75, 3.05) is 31.5 Å². The van der Waals surface area contributed by atoms with Gasteiger partial charge in [-0.1, -0.05) is 6.07 Å². The van der Waals surface area contributed by atoms with E-state index in [1.807, 2.05) is 30.5 Å². The molecule has 2 amide bonds. The second-order valence-corrected chi connectivity index (χ2v) is 9.71. The zero-order chi connectivity index (χ0) is 22.9. The number of rotatable bonds is 5. The predicted octanol–water partition coefficient (Wildman–Crippen LogP) is 2.77. The van der Waals surface area contributed by atoms with Crippen molar-refractivity contribution in [2.45, 2.75) is 25.3 Å². The Kier molecular flexibility index (Phi) is 6.03. The van der Waals surface area contributed by atoms with Gasteiger partial charge >= 0.3 is 0 Å². The van der Waals surface area contributed by atoms with Gasteiger partial charge in [-0.3, -0.25) is 9.59 Å². The molecule has 1 N–H and O–H groups in total. The van der Waals surface area contributed by atoms with Crippen LogP contribution in [0.3, 0.4) is 0 Å². The van der Waals surface area contributed by atoms with E-state index in [2.05, 4.69) is 16.8 Å². The summed E-state index contributed by atoms with van der Waals surface area (Å²) in [6, 6.07) is 13.7. The van der Waals surface area contributed by atoms with Crippen LogP contribution in [0.25, 0.3) is 10.9 Å². The average molecular weight is 455 g/mol. The summed E-state index contributed by atoms with van der Waals surface area (Å²) in [4.78, 5) is 26.0. The Hall–Kier alpha value is -3.17. The van der Waals surface area contributed by atoms with Crippen LogP contribution in [0.4, 0.5) is 5.69 Å². The molecule has 0 bridgehead atoms. The minimum Gasteiger partial charge on any atom is -0.348 e. The van der Waals surface area contributed by atoms with Gasteiger partial charge in [0.05, 0.1) is 4.90 Å². The van der Waals surface area contributed by atoms with Crippen LogP contribution in [0.2, 0.25) is 0 Å². The van der Waals surface area contributed by atoms with E-state index in [1.54, 1.807) is 17.0 Å².